The van der Waals surface area contributed by atoms with Crippen LogP contribution in [-0.2, 0) is 72.0 Å². The summed E-state index contributed by atoms with van der Waals surface area (Å²) < 4.78 is 0. The standard InChI is InChI=1S/C59H83N15O12S/c1-32(2)21-42(47(75)25-50(78)74-31-87-29-46(74)52(61)79)70-58(85)45(24-37-27-62-30-66-37)68-49(77)28-65-59(86)51(33(3)4)73-53(80)34(5)67-56(83)44(23-36-26-64-39-16-10-9-15-38(36)39)72-55(82)41(18-19-48(60)76)69-57(84)43(22-35-13-7-6-8-14-35)71-54(81)40-17-11-12-20-63-40/h6-10,13-16,26-27,30,32-34,40-47,51,63-64,75H,11-12,17-25,28-29,31H2,1-5H3,(H2,60,76)(H2,61,79)(H,62,66)(H,65,86)(H,67,83)(H,68,77)(H,69,84)(H,70,85)(H,71,81)(H,72,82)(H,73,80)/t34-,40-,41-,42-,43+,44-,45-,46-,47-,51-/m0/s1. The van der Waals surface area contributed by atoms with Crippen LogP contribution in [0.3, 0.4) is 0 Å². The summed E-state index contributed by atoms with van der Waals surface area (Å²) >= 11 is 1.35. The fourth-order valence-corrected chi connectivity index (χ4v) is 11.4. The van der Waals surface area contributed by atoms with Gasteiger partial charge in [0.05, 0.1) is 43.4 Å². The minimum absolute atomic E-state index is 0.0610. The number of carbonyl (C=O) groups excluding carboxylic acids is 11. The number of primary amides is 2. The molecular weight excluding hydrogens is 1140 g/mol. The topological polar surface area (TPSA) is 416 Å². The van der Waals surface area contributed by atoms with Gasteiger partial charge in [-0.3, -0.25) is 52.7 Å². The second-order valence-corrected chi connectivity index (χ2v) is 23.8. The Bertz CT molecular complexity index is 3030. The molecule has 2 fully saturated rings. The van der Waals surface area contributed by atoms with E-state index in [4.69, 9.17) is 11.5 Å². The minimum atomic E-state index is -1.44. The maximum absolute atomic E-state index is 14.5. The van der Waals surface area contributed by atoms with Crippen LogP contribution >= 0.6 is 11.8 Å². The lowest BCUT2D eigenvalue weighted by Crippen LogP contribution is -2.60. The fourth-order valence-electron chi connectivity index (χ4n) is 10.2. The first-order chi connectivity index (χ1) is 41.5. The van der Waals surface area contributed by atoms with Gasteiger partial charge >= 0.3 is 0 Å². The van der Waals surface area contributed by atoms with Crippen molar-refractivity contribution in [3.8, 4) is 0 Å². The van der Waals surface area contributed by atoms with E-state index >= 15 is 0 Å². The summed E-state index contributed by atoms with van der Waals surface area (Å²) in [5.41, 5.74) is 13.6. The number of rotatable bonds is 32. The molecule has 0 unspecified atom stereocenters. The molecule has 27 nitrogen and oxygen atoms in total. The number of aliphatic hydroxyl groups excluding tert-OH is 1. The van der Waals surface area contributed by atoms with E-state index in [0.717, 1.165) is 29.3 Å². The van der Waals surface area contributed by atoms with E-state index in [1.165, 1.54) is 36.1 Å². The third kappa shape index (κ3) is 20.7. The van der Waals surface area contributed by atoms with Crippen LogP contribution in [-0.4, -0.2) is 175 Å². The largest absolute Gasteiger partial charge is 0.390 e. The second-order valence-electron chi connectivity index (χ2n) is 22.8. The SMILES string of the molecule is CC(C)C[C@H](NC(=O)[C@H](Cc1cnc[nH]1)NC(=O)CNC(=O)[C@@H](NC(=O)[C@H](C)NC(=O)[C@H](Cc1c[nH]c2ccccc12)NC(=O)[C@H](CCC(N)=O)NC(=O)[C@@H](Cc1ccccc1)NC(=O)[C@@H]1CCCCN1)C(C)C)[C@@H](O)CC(=O)N1CSC[C@H]1C(N)=O. The van der Waals surface area contributed by atoms with E-state index in [9.17, 15) is 57.8 Å². The van der Waals surface area contributed by atoms with Crippen LogP contribution in [0.25, 0.3) is 10.9 Å². The van der Waals surface area contributed by atoms with E-state index < -0.39 is 144 Å². The minimum Gasteiger partial charge on any atom is -0.390 e. The van der Waals surface area contributed by atoms with Crippen molar-refractivity contribution in [2.75, 3.05) is 24.7 Å². The highest BCUT2D eigenvalue weighted by molar-refractivity contribution is 7.99. The molecule has 2 aliphatic rings. The first kappa shape index (κ1) is 67.8. The van der Waals surface area contributed by atoms with Crippen molar-refractivity contribution in [1.29, 1.82) is 0 Å². The summed E-state index contributed by atoms with van der Waals surface area (Å²) in [5.74, 6) is -8.01. The monoisotopic (exact) mass is 1230 g/mol. The van der Waals surface area contributed by atoms with Gasteiger partial charge in [-0.1, -0.05) is 82.6 Å². The van der Waals surface area contributed by atoms with Gasteiger partial charge in [-0.15, -0.1) is 11.8 Å². The zero-order valence-electron chi connectivity index (χ0n) is 49.7. The molecule has 472 valence electrons. The van der Waals surface area contributed by atoms with Crippen molar-refractivity contribution < 1.29 is 57.8 Å². The predicted octanol–water partition coefficient (Wildman–Crippen LogP) is -1.30. The Hall–Kier alpha value is -8.37. The third-order valence-electron chi connectivity index (χ3n) is 15.1. The van der Waals surface area contributed by atoms with Crippen LogP contribution < -0.4 is 59.3 Å². The van der Waals surface area contributed by atoms with Crippen LogP contribution in [0.15, 0.2) is 73.3 Å². The van der Waals surface area contributed by atoms with Crippen molar-refractivity contribution in [2.45, 2.75) is 159 Å². The van der Waals surface area contributed by atoms with Crippen LogP contribution in [0, 0.1) is 11.8 Å². The highest BCUT2D eigenvalue weighted by Crippen LogP contribution is 2.24. The lowest BCUT2D eigenvalue weighted by Gasteiger charge is -2.29. The number of amides is 11. The Morgan fingerprint density at radius 3 is 2.06 bits per heavy atom. The number of hydrogen-bond acceptors (Lipinski definition) is 15. The number of carbonyl (C=O) groups is 11. The molecule has 10 atom stereocenters. The Morgan fingerprint density at radius 2 is 1.39 bits per heavy atom. The van der Waals surface area contributed by atoms with Gasteiger partial charge in [-0.25, -0.2) is 4.98 Å². The summed E-state index contributed by atoms with van der Waals surface area (Å²) in [6, 6.07) is 5.97. The van der Waals surface area contributed by atoms with Gasteiger partial charge in [-0.05, 0) is 68.2 Å². The Labute approximate surface area is 508 Å². The van der Waals surface area contributed by atoms with Gasteiger partial charge in [0.1, 0.15) is 42.3 Å². The summed E-state index contributed by atoms with van der Waals surface area (Å²) in [4.78, 5) is 161. The molecule has 0 spiro atoms. The van der Waals surface area contributed by atoms with E-state index in [1.54, 1.807) is 56.4 Å². The van der Waals surface area contributed by atoms with Gasteiger partial charge in [0.25, 0.3) is 0 Å². The number of nitrogens with zero attached hydrogens (tertiary/aromatic N) is 2. The lowest BCUT2D eigenvalue weighted by molar-refractivity contribution is -0.139. The molecule has 6 rings (SSSR count). The number of aliphatic hydroxyl groups is 1. The number of para-hydroxylation sites is 1. The number of piperidine rings is 1. The van der Waals surface area contributed by atoms with Gasteiger partial charge in [0.15, 0.2) is 0 Å². The van der Waals surface area contributed by atoms with E-state index in [-0.39, 0.29) is 50.3 Å². The molecule has 0 saturated carbocycles. The smallest absolute Gasteiger partial charge is 0.243 e. The Morgan fingerprint density at radius 1 is 0.724 bits per heavy atom. The van der Waals surface area contributed by atoms with Crippen molar-refractivity contribution in [2.24, 2.45) is 23.3 Å². The molecule has 2 aromatic carbocycles. The molecule has 4 aromatic rings. The number of aromatic amines is 2. The predicted molar refractivity (Wildman–Crippen MR) is 323 cm³/mol. The van der Waals surface area contributed by atoms with Crippen molar-refractivity contribution in [3.63, 3.8) is 0 Å². The van der Waals surface area contributed by atoms with Crippen molar-refractivity contribution in [3.05, 3.63) is 90.1 Å². The second kappa shape index (κ2) is 32.9. The maximum atomic E-state index is 14.5. The first-order valence-electron chi connectivity index (χ1n) is 29.3. The van der Waals surface area contributed by atoms with E-state index in [0.29, 0.717) is 30.0 Å². The number of H-pyrrole nitrogens is 2. The highest BCUT2D eigenvalue weighted by Gasteiger charge is 2.38. The van der Waals surface area contributed by atoms with Crippen LogP contribution in [0.4, 0.5) is 0 Å². The van der Waals surface area contributed by atoms with E-state index in [1.807, 2.05) is 32.0 Å². The number of aromatic nitrogens is 3. The molecule has 11 amide bonds. The Kier molecular flexibility index (Phi) is 25.7. The summed E-state index contributed by atoms with van der Waals surface area (Å²) in [5, 5.41) is 36.7. The molecule has 87 heavy (non-hydrogen) atoms. The lowest BCUT2D eigenvalue weighted by atomic mass is 9.96. The molecule has 0 radical (unpaired) electrons. The zero-order chi connectivity index (χ0) is 63.3. The number of fused-ring (bicyclic) bond motifs is 1. The molecular formula is C59H83N15O12S. The molecule has 2 saturated heterocycles. The van der Waals surface area contributed by atoms with Crippen molar-refractivity contribution >= 4 is 87.6 Å². The molecule has 2 aromatic heterocycles. The number of benzene rings is 2. The van der Waals surface area contributed by atoms with Crippen molar-refractivity contribution in [1.82, 2.24) is 67.7 Å². The summed E-state index contributed by atoms with van der Waals surface area (Å²) in [6.07, 6.45) is 4.43. The molecule has 0 aliphatic carbocycles. The number of thioether (sulfide) groups is 1. The van der Waals surface area contributed by atoms with Crippen LogP contribution in [0.5, 0.6) is 0 Å². The van der Waals surface area contributed by atoms with Gasteiger partial charge in [0, 0.05) is 60.4 Å². The average Bonchev–Trinajstić information content (AvgIpc) is 3.26. The number of imidazole rings is 1. The van der Waals surface area contributed by atoms with Gasteiger partial charge < -0.3 is 79.3 Å². The molecule has 0 bridgehead atoms. The number of nitrogens with one attached hydrogen (secondary N) is 11. The quantitative estimate of drug-likeness (QED) is 0.0270. The highest BCUT2D eigenvalue weighted by atomic mass is 32.2. The zero-order valence-corrected chi connectivity index (χ0v) is 50.5. The first-order valence-corrected chi connectivity index (χ1v) is 30.4. The fraction of sp³-hybridized carbons (Fsp3) is 0.525. The summed E-state index contributed by atoms with van der Waals surface area (Å²) in [6.45, 7) is 8.33. The van der Waals surface area contributed by atoms with E-state index in [2.05, 4.69) is 62.8 Å². The molecule has 28 heteroatoms. The third-order valence-corrected chi connectivity index (χ3v) is 16.1. The van der Waals surface area contributed by atoms with Gasteiger partial charge in [-0.2, -0.15) is 0 Å². The van der Waals surface area contributed by atoms with Gasteiger partial charge in [0.2, 0.25) is 65.0 Å². The normalized spacial score (nSPS) is 17.7. The molecule has 16 N–H and O–H groups in total. The molecule has 4 heterocycles. The maximum Gasteiger partial charge on any atom is 0.243 e. The molecule has 2 aliphatic heterocycles. The Balaban J connectivity index is 1.11. The van der Waals surface area contributed by atoms with Crippen LogP contribution in [0.2, 0.25) is 0 Å². The average molecular weight is 1230 g/mol. The number of nitrogens with two attached hydrogens (primary N) is 2. The summed E-state index contributed by atoms with van der Waals surface area (Å²) in [7, 11) is 0. The van der Waals surface area contributed by atoms with Crippen LogP contribution in [0.1, 0.15) is 96.4 Å². The number of hydrogen-bond donors (Lipinski definition) is 14.